The summed E-state index contributed by atoms with van der Waals surface area (Å²) in [5.41, 5.74) is 1.12. The standard InChI is InChI=1S/C16H16N4O2/c17-9-13(8-14-10-22-20-19-14)16(21)18-15(12-6-7-12)11-4-2-1-3-5-11/h1-5,8,12,14-15H,6-7,10H2,(H,18,21)/b13-8+. The van der Waals surface area contributed by atoms with Crippen molar-refractivity contribution in [3.63, 3.8) is 0 Å². The third-order valence-electron chi connectivity index (χ3n) is 3.76. The summed E-state index contributed by atoms with van der Waals surface area (Å²) >= 11 is 0. The molecule has 2 aliphatic rings. The summed E-state index contributed by atoms with van der Waals surface area (Å²) in [5.74, 6) is 0.0751. The molecular formula is C16H16N4O2. The lowest BCUT2D eigenvalue weighted by molar-refractivity contribution is -0.118. The lowest BCUT2D eigenvalue weighted by Gasteiger charge is -2.18. The zero-order chi connectivity index (χ0) is 15.4. The van der Waals surface area contributed by atoms with Gasteiger partial charge in [-0.05, 0) is 30.4 Å². The number of nitriles is 1. The number of nitrogens with one attached hydrogen (secondary N) is 1. The minimum Gasteiger partial charge on any atom is -0.377 e. The number of nitrogens with zero attached hydrogens (tertiary/aromatic N) is 3. The normalized spacial score (nSPS) is 21.8. The van der Waals surface area contributed by atoms with Gasteiger partial charge in [-0.1, -0.05) is 30.3 Å². The molecule has 2 unspecified atom stereocenters. The average Bonchev–Trinajstić information content (AvgIpc) is 3.27. The summed E-state index contributed by atoms with van der Waals surface area (Å²) < 4.78 is 0. The van der Waals surface area contributed by atoms with E-state index in [0.717, 1.165) is 18.4 Å². The van der Waals surface area contributed by atoms with E-state index < -0.39 is 0 Å². The van der Waals surface area contributed by atoms with Crippen molar-refractivity contribution < 1.29 is 9.63 Å². The van der Waals surface area contributed by atoms with Gasteiger partial charge >= 0.3 is 0 Å². The molecule has 1 heterocycles. The lowest BCUT2D eigenvalue weighted by atomic mass is 10.0. The molecule has 1 aromatic rings. The number of carbonyl (C=O) groups is 1. The highest BCUT2D eigenvalue weighted by Gasteiger charge is 2.34. The van der Waals surface area contributed by atoms with E-state index in [1.165, 1.54) is 6.08 Å². The fourth-order valence-electron chi connectivity index (χ4n) is 2.46. The Balaban J connectivity index is 1.73. The molecule has 0 saturated heterocycles. The first kappa shape index (κ1) is 14.3. The van der Waals surface area contributed by atoms with Gasteiger partial charge in [0, 0.05) is 5.28 Å². The fraction of sp³-hybridized carbons (Fsp3) is 0.375. The van der Waals surface area contributed by atoms with Crippen LogP contribution in [0.15, 0.2) is 52.4 Å². The smallest absolute Gasteiger partial charge is 0.262 e. The fourth-order valence-corrected chi connectivity index (χ4v) is 2.46. The molecule has 1 fully saturated rings. The van der Waals surface area contributed by atoms with Crippen LogP contribution in [0.2, 0.25) is 0 Å². The van der Waals surface area contributed by atoms with E-state index >= 15 is 0 Å². The predicted molar refractivity (Wildman–Crippen MR) is 78.3 cm³/mol. The van der Waals surface area contributed by atoms with Crippen LogP contribution in [-0.2, 0) is 9.63 Å². The first-order chi connectivity index (χ1) is 10.8. The molecule has 6 heteroatoms. The van der Waals surface area contributed by atoms with Crippen LogP contribution >= 0.6 is 0 Å². The van der Waals surface area contributed by atoms with Crippen molar-refractivity contribution >= 4 is 5.91 Å². The highest BCUT2D eigenvalue weighted by molar-refractivity contribution is 5.97. The van der Waals surface area contributed by atoms with E-state index in [1.54, 1.807) is 0 Å². The molecule has 6 nitrogen and oxygen atoms in total. The molecule has 1 aliphatic heterocycles. The molecular weight excluding hydrogens is 280 g/mol. The maximum atomic E-state index is 12.4. The molecule has 0 spiro atoms. The van der Waals surface area contributed by atoms with Crippen molar-refractivity contribution in [3.8, 4) is 6.07 Å². The number of hydrogen-bond donors (Lipinski definition) is 1. The summed E-state index contributed by atoms with van der Waals surface area (Å²) in [5, 5.41) is 19.4. The number of hydrogen-bond acceptors (Lipinski definition) is 5. The third-order valence-corrected chi connectivity index (χ3v) is 3.76. The maximum absolute atomic E-state index is 12.4. The molecule has 1 saturated carbocycles. The predicted octanol–water partition coefficient (Wildman–Crippen LogP) is 2.47. The second-order valence-corrected chi connectivity index (χ2v) is 5.45. The molecule has 22 heavy (non-hydrogen) atoms. The van der Waals surface area contributed by atoms with Crippen molar-refractivity contribution in [2.75, 3.05) is 6.61 Å². The molecule has 0 bridgehead atoms. The number of carbonyl (C=O) groups excluding carboxylic acids is 1. The lowest BCUT2D eigenvalue weighted by Crippen LogP contribution is -2.31. The Morgan fingerprint density at radius 3 is 2.77 bits per heavy atom. The van der Waals surface area contributed by atoms with Gasteiger partial charge in [0.1, 0.15) is 24.3 Å². The Morgan fingerprint density at radius 2 is 2.18 bits per heavy atom. The molecule has 1 amide bonds. The highest BCUT2D eigenvalue weighted by atomic mass is 16.7. The van der Waals surface area contributed by atoms with Gasteiger partial charge in [-0.3, -0.25) is 4.79 Å². The van der Waals surface area contributed by atoms with Crippen LogP contribution in [-0.4, -0.2) is 18.6 Å². The Morgan fingerprint density at radius 1 is 1.41 bits per heavy atom. The summed E-state index contributed by atoms with van der Waals surface area (Å²) in [6, 6.07) is 11.4. The summed E-state index contributed by atoms with van der Waals surface area (Å²) in [4.78, 5) is 17.1. The van der Waals surface area contributed by atoms with Gasteiger partial charge in [0.05, 0.1) is 6.04 Å². The minimum absolute atomic E-state index is 0.0492. The van der Waals surface area contributed by atoms with Crippen molar-refractivity contribution in [3.05, 3.63) is 47.5 Å². The number of rotatable bonds is 5. The molecule has 0 aromatic heterocycles. The van der Waals surface area contributed by atoms with Gasteiger partial charge in [-0.25, -0.2) is 0 Å². The van der Waals surface area contributed by atoms with Crippen molar-refractivity contribution in [2.45, 2.75) is 24.9 Å². The Bertz CT molecular complexity index is 644. The van der Waals surface area contributed by atoms with E-state index in [-0.39, 0.29) is 30.2 Å². The van der Waals surface area contributed by atoms with Gasteiger partial charge in [-0.2, -0.15) is 5.26 Å². The molecule has 3 rings (SSSR count). The minimum atomic E-state index is -0.370. The van der Waals surface area contributed by atoms with Crippen LogP contribution in [0.5, 0.6) is 0 Å². The largest absolute Gasteiger partial charge is 0.377 e. The molecule has 0 radical (unpaired) electrons. The Hall–Kier alpha value is -2.68. The van der Waals surface area contributed by atoms with Gasteiger partial charge in [0.25, 0.3) is 5.91 Å². The van der Waals surface area contributed by atoms with E-state index in [1.807, 2.05) is 36.4 Å². The molecule has 1 aliphatic carbocycles. The molecule has 112 valence electrons. The van der Waals surface area contributed by atoms with Gasteiger partial charge in [-0.15, -0.1) is 5.11 Å². The summed E-state index contributed by atoms with van der Waals surface area (Å²) in [6.45, 7) is 0.267. The highest BCUT2D eigenvalue weighted by Crippen LogP contribution is 2.41. The van der Waals surface area contributed by atoms with Crippen LogP contribution in [0.25, 0.3) is 0 Å². The van der Waals surface area contributed by atoms with Gasteiger partial charge < -0.3 is 10.2 Å². The van der Waals surface area contributed by atoms with Crippen molar-refractivity contribution in [1.82, 2.24) is 5.32 Å². The van der Waals surface area contributed by atoms with E-state index in [0.29, 0.717) is 5.92 Å². The second-order valence-electron chi connectivity index (χ2n) is 5.45. The van der Waals surface area contributed by atoms with Gasteiger partial charge in [0.2, 0.25) is 0 Å². The third kappa shape index (κ3) is 3.31. The molecule has 1 N–H and O–H groups in total. The van der Waals surface area contributed by atoms with Crippen LogP contribution in [0, 0.1) is 17.2 Å². The van der Waals surface area contributed by atoms with Crippen LogP contribution in [0.1, 0.15) is 24.4 Å². The van der Waals surface area contributed by atoms with Crippen LogP contribution in [0.3, 0.4) is 0 Å². The SMILES string of the molecule is N#C/C(=C\C1CON=N1)C(=O)NC(c1ccccc1)C1CC1. The number of amides is 1. The van der Waals surface area contributed by atoms with Crippen molar-refractivity contribution in [1.29, 1.82) is 5.26 Å². The summed E-state index contributed by atoms with van der Waals surface area (Å²) in [6.07, 6.45) is 3.69. The van der Waals surface area contributed by atoms with E-state index in [4.69, 9.17) is 4.84 Å². The second kappa shape index (κ2) is 6.39. The molecule has 1 aromatic carbocycles. The van der Waals surface area contributed by atoms with Crippen LogP contribution in [0.4, 0.5) is 0 Å². The van der Waals surface area contributed by atoms with E-state index in [9.17, 15) is 10.1 Å². The first-order valence-electron chi connectivity index (χ1n) is 7.28. The van der Waals surface area contributed by atoms with Crippen LogP contribution < -0.4 is 5.32 Å². The average molecular weight is 296 g/mol. The number of benzene rings is 1. The molecule has 2 atom stereocenters. The topological polar surface area (TPSA) is 86.8 Å². The quantitative estimate of drug-likeness (QED) is 0.669. The van der Waals surface area contributed by atoms with Gasteiger partial charge in [0.15, 0.2) is 0 Å². The Kier molecular flexibility index (Phi) is 4.15. The Labute approximate surface area is 128 Å². The zero-order valence-corrected chi connectivity index (χ0v) is 12.0. The van der Waals surface area contributed by atoms with E-state index in [2.05, 4.69) is 15.7 Å². The maximum Gasteiger partial charge on any atom is 0.262 e. The van der Waals surface area contributed by atoms with Crippen molar-refractivity contribution in [2.24, 2.45) is 16.3 Å². The summed E-state index contributed by atoms with van der Waals surface area (Å²) in [7, 11) is 0. The monoisotopic (exact) mass is 296 g/mol. The first-order valence-corrected chi connectivity index (χ1v) is 7.28. The zero-order valence-electron chi connectivity index (χ0n) is 12.0.